The highest BCUT2D eigenvalue weighted by Gasteiger charge is 2.35. The Morgan fingerprint density at radius 3 is 2.04 bits per heavy atom. The molecule has 0 aliphatic carbocycles. The molecule has 7 heteroatoms. The molecule has 0 spiro atoms. The highest BCUT2D eigenvalue weighted by atomic mass is 16.5. The standard InChI is InChI=1S/C20H22O7/c1-22-14-7-6-11(19(25-4)20(14)26-5)13-10-27-15-9-17(24-3)16(23-2)8-12(15)18(13)21/h6-9,13H,10H2,1-5H3/t13-/m0/s1. The quantitative estimate of drug-likeness (QED) is 0.769. The summed E-state index contributed by atoms with van der Waals surface area (Å²) in [6.45, 7) is 0.174. The first-order chi connectivity index (χ1) is 13.1. The van der Waals surface area contributed by atoms with Gasteiger partial charge in [-0.2, -0.15) is 0 Å². The smallest absolute Gasteiger partial charge is 0.203 e. The third kappa shape index (κ3) is 3.09. The van der Waals surface area contributed by atoms with Crippen LogP contribution in [0.25, 0.3) is 0 Å². The molecule has 2 aromatic carbocycles. The van der Waals surface area contributed by atoms with Crippen molar-refractivity contribution in [3.05, 3.63) is 35.4 Å². The van der Waals surface area contributed by atoms with E-state index in [0.29, 0.717) is 45.6 Å². The zero-order chi connectivity index (χ0) is 19.6. The number of methoxy groups -OCH3 is 5. The van der Waals surface area contributed by atoms with Crippen molar-refractivity contribution in [2.45, 2.75) is 5.92 Å². The number of hydrogen-bond donors (Lipinski definition) is 0. The van der Waals surface area contributed by atoms with Crippen LogP contribution in [-0.2, 0) is 0 Å². The third-order valence-corrected chi connectivity index (χ3v) is 4.58. The Bertz CT molecular complexity index is 860. The summed E-state index contributed by atoms with van der Waals surface area (Å²) in [5.74, 6) is 2.20. The molecule has 1 aliphatic heterocycles. The number of ketones is 1. The van der Waals surface area contributed by atoms with Crippen LogP contribution in [0, 0.1) is 0 Å². The van der Waals surface area contributed by atoms with Crippen molar-refractivity contribution in [1.82, 2.24) is 0 Å². The molecule has 27 heavy (non-hydrogen) atoms. The van der Waals surface area contributed by atoms with E-state index in [-0.39, 0.29) is 12.4 Å². The van der Waals surface area contributed by atoms with Gasteiger partial charge in [0.15, 0.2) is 28.8 Å². The van der Waals surface area contributed by atoms with Crippen molar-refractivity contribution >= 4 is 5.78 Å². The summed E-state index contributed by atoms with van der Waals surface area (Å²) in [7, 11) is 7.65. The minimum atomic E-state index is -0.551. The lowest BCUT2D eigenvalue weighted by atomic mass is 9.88. The summed E-state index contributed by atoms with van der Waals surface area (Å²) < 4.78 is 32.7. The van der Waals surface area contributed by atoms with E-state index in [1.54, 1.807) is 31.4 Å². The third-order valence-electron chi connectivity index (χ3n) is 4.58. The number of hydrogen-bond acceptors (Lipinski definition) is 7. The maximum atomic E-state index is 13.2. The lowest BCUT2D eigenvalue weighted by Gasteiger charge is -2.27. The topological polar surface area (TPSA) is 72.5 Å². The zero-order valence-electron chi connectivity index (χ0n) is 16.0. The van der Waals surface area contributed by atoms with Crippen LogP contribution < -0.4 is 28.4 Å². The lowest BCUT2D eigenvalue weighted by Crippen LogP contribution is -2.26. The van der Waals surface area contributed by atoms with Gasteiger partial charge in [-0.15, -0.1) is 0 Å². The van der Waals surface area contributed by atoms with Crippen LogP contribution in [0.5, 0.6) is 34.5 Å². The minimum absolute atomic E-state index is 0.0947. The van der Waals surface area contributed by atoms with E-state index in [1.165, 1.54) is 28.4 Å². The van der Waals surface area contributed by atoms with Crippen LogP contribution in [0.1, 0.15) is 21.8 Å². The SMILES string of the molecule is COc1cc2c(cc1OC)C(=O)[C@H](c1ccc(OC)c(OC)c1OC)CO2. The van der Waals surface area contributed by atoms with E-state index in [0.717, 1.165) is 0 Å². The molecule has 7 nitrogen and oxygen atoms in total. The van der Waals surface area contributed by atoms with Gasteiger partial charge >= 0.3 is 0 Å². The molecular weight excluding hydrogens is 352 g/mol. The Labute approximate surface area is 157 Å². The second-order valence-electron chi connectivity index (χ2n) is 5.85. The van der Waals surface area contributed by atoms with E-state index < -0.39 is 5.92 Å². The summed E-state index contributed by atoms with van der Waals surface area (Å²) in [5, 5.41) is 0. The summed E-state index contributed by atoms with van der Waals surface area (Å²) in [6, 6.07) is 6.83. The molecular formula is C20H22O7. The van der Waals surface area contributed by atoms with Crippen molar-refractivity contribution in [3.63, 3.8) is 0 Å². The fourth-order valence-electron chi connectivity index (χ4n) is 3.24. The van der Waals surface area contributed by atoms with Gasteiger partial charge in [-0.05, 0) is 12.1 Å². The normalized spacial score (nSPS) is 15.4. The van der Waals surface area contributed by atoms with Gasteiger partial charge in [0.2, 0.25) is 5.75 Å². The molecule has 0 fully saturated rings. The molecule has 3 rings (SSSR count). The average molecular weight is 374 g/mol. The van der Waals surface area contributed by atoms with Crippen LogP contribution >= 0.6 is 0 Å². The van der Waals surface area contributed by atoms with Crippen LogP contribution in [0.15, 0.2) is 24.3 Å². The van der Waals surface area contributed by atoms with Gasteiger partial charge < -0.3 is 28.4 Å². The van der Waals surface area contributed by atoms with Gasteiger partial charge in [-0.1, -0.05) is 6.07 Å². The summed E-state index contributed by atoms with van der Waals surface area (Å²) in [6.07, 6.45) is 0. The van der Waals surface area contributed by atoms with E-state index >= 15 is 0 Å². The van der Waals surface area contributed by atoms with E-state index in [9.17, 15) is 4.79 Å². The Balaban J connectivity index is 2.08. The van der Waals surface area contributed by atoms with Gasteiger partial charge in [0, 0.05) is 11.6 Å². The van der Waals surface area contributed by atoms with Crippen LogP contribution in [0.3, 0.4) is 0 Å². The number of rotatable bonds is 6. The van der Waals surface area contributed by atoms with Crippen LogP contribution in [0.2, 0.25) is 0 Å². The van der Waals surface area contributed by atoms with Gasteiger partial charge in [-0.3, -0.25) is 4.79 Å². The number of carbonyl (C=O) groups excluding carboxylic acids is 1. The largest absolute Gasteiger partial charge is 0.493 e. The second-order valence-corrected chi connectivity index (χ2v) is 5.85. The second kappa shape index (κ2) is 7.65. The maximum absolute atomic E-state index is 13.2. The number of Topliss-reactive ketones (excluding diaryl/α,β-unsaturated/α-hetero) is 1. The summed E-state index contributed by atoms with van der Waals surface area (Å²) in [4.78, 5) is 13.2. The van der Waals surface area contributed by atoms with Crippen molar-refractivity contribution < 1.29 is 33.2 Å². The Morgan fingerprint density at radius 1 is 0.815 bits per heavy atom. The molecule has 144 valence electrons. The summed E-state index contributed by atoms with van der Waals surface area (Å²) in [5.41, 5.74) is 1.10. The average Bonchev–Trinajstić information content (AvgIpc) is 2.71. The Kier molecular flexibility index (Phi) is 5.30. The van der Waals surface area contributed by atoms with Crippen LogP contribution in [0.4, 0.5) is 0 Å². The fraction of sp³-hybridized carbons (Fsp3) is 0.350. The Hall–Kier alpha value is -3.09. The number of carbonyl (C=O) groups is 1. The fourth-order valence-corrected chi connectivity index (χ4v) is 3.24. The van der Waals surface area contributed by atoms with Crippen molar-refractivity contribution in [2.75, 3.05) is 42.2 Å². The number of fused-ring (bicyclic) bond motifs is 1. The predicted octanol–water partition coefficient (Wildman–Crippen LogP) is 3.09. The molecule has 0 bridgehead atoms. The van der Waals surface area contributed by atoms with E-state index in [1.807, 2.05) is 0 Å². The van der Waals surface area contributed by atoms with Crippen molar-refractivity contribution in [1.29, 1.82) is 0 Å². The monoisotopic (exact) mass is 374 g/mol. The first kappa shape index (κ1) is 18.7. The molecule has 0 aromatic heterocycles. The first-order valence-electron chi connectivity index (χ1n) is 8.31. The molecule has 0 saturated carbocycles. The molecule has 0 unspecified atom stereocenters. The van der Waals surface area contributed by atoms with E-state index in [4.69, 9.17) is 28.4 Å². The molecule has 0 saturated heterocycles. The lowest BCUT2D eigenvalue weighted by molar-refractivity contribution is 0.0893. The minimum Gasteiger partial charge on any atom is -0.493 e. The van der Waals surface area contributed by atoms with Gasteiger partial charge in [0.1, 0.15) is 12.4 Å². The highest BCUT2D eigenvalue weighted by molar-refractivity contribution is 6.05. The predicted molar refractivity (Wildman–Crippen MR) is 98.2 cm³/mol. The highest BCUT2D eigenvalue weighted by Crippen LogP contribution is 2.46. The molecule has 1 aliphatic rings. The van der Waals surface area contributed by atoms with E-state index in [2.05, 4.69) is 0 Å². The first-order valence-corrected chi connectivity index (χ1v) is 8.31. The Morgan fingerprint density at radius 2 is 1.44 bits per heavy atom. The molecule has 0 amide bonds. The number of ether oxygens (including phenoxy) is 6. The molecule has 1 atom stereocenters. The van der Waals surface area contributed by atoms with Crippen molar-refractivity contribution in [2.24, 2.45) is 0 Å². The van der Waals surface area contributed by atoms with Gasteiger partial charge in [0.25, 0.3) is 0 Å². The van der Waals surface area contributed by atoms with Crippen LogP contribution in [-0.4, -0.2) is 47.9 Å². The zero-order valence-corrected chi connectivity index (χ0v) is 16.0. The maximum Gasteiger partial charge on any atom is 0.203 e. The van der Waals surface area contributed by atoms with Gasteiger partial charge in [-0.25, -0.2) is 0 Å². The van der Waals surface area contributed by atoms with Gasteiger partial charge in [0.05, 0.1) is 47.0 Å². The molecule has 1 heterocycles. The van der Waals surface area contributed by atoms with Crippen molar-refractivity contribution in [3.8, 4) is 34.5 Å². The molecule has 0 radical (unpaired) electrons. The summed E-state index contributed by atoms with van der Waals surface area (Å²) >= 11 is 0. The molecule has 0 N–H and O–H groups in total. The number of benzene rings is 2. The molecule has 2 aromatic rings.